The lowest BCUT2D eigenvalue weighted by atomic mass is 10.1. The maximum Gasteiger partial charge on any atom is 0.343 e. The fourth-order valence-corrected chi connectivity index (χ4v) is 2.90. The Morgan fingerprint density at radius 2 is 2.04 bits per heavy atom. The summed E-state index contributed by atoms with van der Waals surface area (Å²) in [5, 5.41) is 2.84. The summed E-state index contributed by atoms with van der Waals surface area (Å²) in [6.07, 6.45) is 2.09. The summed E-state index contributed by atoms with van der Waals surface area (Å²) in [5.41, 5.74) is 7.07. The summed E-state index contributed by atoms with van der Waals surface area (Å²) in [6.45, 7) is 4.27. The molecule has 0 radical (unpaired) electrons. The SMILES string of the molecule is CCOC(=O)c1cnc(SC(C)C(=O)NCCc2ccccc2)nc1N. The summed E-state index contributed by atoms with van der Waals surface area (Å²) >= 11 is 1.18. The van der Waals surface area contributed by atoms with Crippen LogP contribution in [0.5, 0.6) is 0 Å². The molecule has 2 aromatic rings. The topological polar surface area (TPSA) is 107 Å². The molecule has 1 aromatic carbocycles. The minimum atomic E-state index is -0.562. The first kappa shape index (κ1) is 19.7. The van der Waals surface area contributed by atoms with Crippen LogP contribution in [0.15, 0.2) is 41.7 Å². The van der Waals surface area contributed by atoms with Crippen LogP contribution < -0.4 is 11.1 Å². The highest BCUT2D eigenvalue weighted by Gasteiger charge is 2.18. The summed E-state index contributed by atoms with van der Waals surface area (Å²) in [5.74, 6) is -0.631. The van der Waals surface area contributed by atoms with Gasteiger partial charge in [0.25, 0.3) is 0 Å². The molecule has 1 heterocycles. The lowest BCUT2D eigenvalue weighted by Gasteiger charge is -2.12. The normalized spacial score (nSPS) is 11.6. The molecule has 138 valence electrons. The molecule has 0 aliphatic carbocycles. The van der Waals surface area contributed by atoms with E-state index in [1.807, 2.05) is 30.3 Å². The third-order valence-electron chi connectivity index (χ3n) is 3.50. The second-order valence-electron chi connectivity index (χ2n) is 5.46. The van der Waals surface area contributed by atoms with E-state index in [-0.39, 0.29) is 23.9 Å². The van der Waals surface area contributed by atoms with Crippen molar-refractivity contribution in [2.75, 3.05) is 18.9 Å². The number of benzene rings is 1. The molecule has 0 aliphatic rings. The van der Waals surface area contributed by atoms with Crippen molar-refractivity contribution < 1.29 is 14.3 Å². The van der Waals surface area contributed by atoms with Gasteiger partial charge in [-0.3, -0.25) is 4.79 Å². The fraction of sp³-hybridized carbons (Fsp3) is 0.333. The van der Waals surface area contributed by atoms with Gasteiger partial charge in [0.05, 0.1) is 11.9 Å². The van der Waals surface area contributed by atoms with E-state index in [1.165, 1.54) is 23.5 Å². The molecule has 2 rings (SSSR count). The number of nitrogens with one attached hydrogen (secondary N) is 1. The number of carbonyl (C=O) groups excluding carboxylic acids is 2. The van der Waals surface area contributed by atoms with Crippen LogP contribution >= 0.6 is 11.8 Å². The van der Waals surface area contributed by atoms with Gasteiger partial charge in [0.15, 0.2) is 5.16 Å². The molecule has 1 atom stereocenters. The zero-order valence-electron chi connectivity index (χ0n) is 14.8. The molecule has 0 spiro atoms. The number of hydrogen-bond acceptors (Lipinski definition) is 7. The number of hydrogen-bond donors (Lipinski definition) is 2. The smallest absolute Gasteiger partial charge is 0.343 e. The van der Waals surface area contributed by atoms with E-state index in [1.54, 1.807) is 13.8 Å². The first-order chi connectivity index (χ1) is 12.5. The summed E-state index contributed by atoms with van der Waals surface area (Å²) in [7, 11) is 0. The van der Waals surface area contributed by atoms with Crippen LogP contribution in [0.2, 0.25) is 0 Å². The van der Waals surface area contributed by atoms with E-state index < -0.39 is 11.2 Å². The molecule has 8 heteroatoms. The van der Waals surface area contributed by atoms with E-state index in [2.05, 4.69) is 15.3 Å². The van der Waals surface area contributed by atoms with Crippen molar-refractivity contribution in [2.45, 2.75) is 30.7 Å². The molecule has 3 N–H and O–H groups in total. The molecule has 0 saturated heterocycles. The first-order valence-corrected chi connectivity index (χ1v) is 9.17. The number of aromatic nitrogens is 2. The Hall–Kier alpha value is -2.61. The molecular formula is C18H22N4O3S. The summed E-state index contributed by atoms with van der Waals surface area (Å²) in [4.78, 5) is 32.0. The molecule has 1 unspecified atom stereocenters. The lowest BCUT2D eigenvalue weighted by Crippen LogP contribution is -2.32. The maximum atomic E-state index is 12.2. The number of nitrogen functional groups attached to an aromatic ring is 1. The fourth-order valence-electron chi connectivity index (χ4n) is 2.13. The minimum absolute atomic E-state index is 0.0395. The van der Waals surface area contributed by atoms with Gasteiger partial charge in [-0.15, -0.1) is 0 Å². The number of amides is 1. The Kier molecular flexibility index (Phi) is 7.40. The third-order valence-corrected chi connectivity index (χ3v) is 4.47. The molecule has 0 saturated carbocycles. The van der Waals surface area contributed by atoms with Crippen LogP contribution in [0, 0.1) is 0 Å². The van der Waals surface area contributed by atoms with Gasteiger partial charge < -0.3 is 15.8 Å². The number of rotatable bonds is 8. The second-order valence-corrected chi connectivity index (χ2v) is 6.77. The molecule has 0 aliphatic heterocycles. The van der Waals surface area contributed by atoms with E-state index in [4.69, 9.17) is 10.5 Å². The molecule has 0 fully saturated rings. The van der Waals surface area contributed by atoms with E-state index in [0.29, 0.717) is 11.7 Å². The number of anilines is 1. The molecule has 1 amide bonds. The van der Waals surface area contributed by atoms with Gasteiger partial charge in [-0.25, -0.2) is 14.8 Å². The molecule has 7 nitrogen and oxygen atoms in total. The average molecular weight is 374 g/mol. The highest BCUT2D eigenvalue weighted by Crippen LogP contribution is 2.21. The average Bonchev–Trinajstić information content (AvgIpc) is 2.62. The van der Waals surface area contributed by atoms with Crippen LogP contribution in [0.4, 0.5) is 5.82 Å². The Morgan fingerprint density at radius 3 is 2.69 bits per heavy atom. The predicted octanol–water partition coefficient (Wildman–Crippen LogP) is 2.08. The van der Waals surface area contributed by atoms with Crippen molar-refractivity contribution >= 4 is 29.5 Å². The van der Waals surface area contributed by atoms with Gasteiger partial charge in [0.1, 0.15) is 11.4 Å². The highest BCUT2D eigenvalue weighted by atomic mass is 32.2. The Bertz CT molecular complexity index is 755. The van der Waals surface area contributed by atoms with Crippen molar-refractivity contribution in [3.8, 4) is 0 Å². The largest absolute Gasteiger partial charge is 0.462 e. The number of nitrogens with two attached hydrogens (primary N) is 1. The van der Waals surface area contributed by atoms with Crippen LogP contribution in [0.1, 0.15) is 29.8 Å². The quantitative estimate of drug-likeness (QED) is 0.414. The van der Waals surface area contributed by atoms with E-state index >= 15 is 0 Å². The molecule has 1 aromatic heterocycles. The van der Waals surface area contributed by atoms with Crippen molar-refractivity contribution in [3.05, 3.63) is 47.7 Å². The predicted molar refractivity (Wildman–Crippen MR) is 101 cm³/mol. The number of carbonyl (C=O) groups is 2. The zero-order valence-corrected chi connectivity index (χ0v) is 15.6. The van der Waals surface area contributed by atoms with Crippen LogP contribution in [-0.4, -0.2) is 40.2 Å². The Labute approximate surface area is 156 Å². The lowest BCUT2D eigenvalue weighted by molar-refractivity contribution is -0.120. The molecular weight excluding hydrogens is 352 g/mol. The Morgan fingerprint density at radius 1 is 1.31 bits per heavy atom. The van der Waals surface area contributed by atoms with Crippen LogP contribution in [0.25, 0.3) is 0 Å². The zero-order chi connectivity index (χ0) is 18.9. The van der Waals surface area contributed by atoms with Gasteiger partial charge in [-0.2, -0.15) is 0 Å². The number of thioether (sulfide) groups is 1. The van der Waals surface area contributed by atoms with Crippen LogP contribution in [-0.2, 0) is 16.0 Å². The number of nitrogens with zero attached hydrogens (tertiary/aromatic N) is 2. The van der Waals surface area contributed by atoms with Crippen molar-refractivity contribution in [1.29, 1.82) is 0 Å². The van der Waals surface area contributed by atoms with E-state index in [9.17, 15) is 9.59 Å². The number of esters is 1. The van der Waals surface area contributed by atoms with Crippen molar-refractivity contribution in [2.24, 2.45) is 0 Å². The van der Waals surface area contributed by atoms with Gasteiger partial charge in [0, 0.05) is 12.7 Å². The van der Waals surface area contributed by atoms with Gasteiger partial charge in [-0.1, -0.05) is 42.1 Å². The number of ether oxygens (including phenoxy) is 1. The third kappa shape index (κ3) is 5.73. The minimum Gasteiger partial charge on any atom is -0.462 e. The first-order valence-electron chi connectivity index (χ1n) is 8.29. The Balaban J connectivity index is 1.86. The standard InChI is InChI=1S/C18H22N4O3S/c1-3-25-17(24)14-11-21-18(22-15(14)19)26-12(2)16(23)20-10-9-13-7-5-4-6-8-13/h4-8,11-12H,3,9-10H2,1-2H3,(H,20,23)(H2,19,21,22). The molecule has 0 bridgehead atoms. The maximum absolute atomic E-state index is 12.2. The van der Waals surface area contributed by atoms with Crippen LogP contribution in [0.3, 0.4) is 0 Å². The van der Waals surface area contributed by atoms with Crippen molar-refractivity contribution in [1.82, 2.24) is 15.3 Å². The van der Waals surface area contributed by atoms with Gasteiger partial charge >= 0.3 is 5.97 Å². The summed E-state index contributed by atoms with van der Waals surface area (Å²) in [6, 6.07) is 9.94. The molecule has 26 heavy (non-hydrogen) atoms. The van der Waals surface area contributed by atoms with Gasteiger partial charge in [-0.05, 0) is 25.8 Å². The monoisotopic (exact) mass is 374 g/mol. The van der Waals surface area contributed by atoms with Crippen molar-refractivity contribution in [3.63, 3.8) is 0 Å². The summed E-state index contributed by atoms with van der Waals surface area (Å²) < 4.78 is 4.88. The highest BCUT2D eigenvalue weighted by molar-refractivity contribution is 8.00. The van der Waals surface area contributed by atoms with E-state index in [0.717, 1.165) is 6.42 Å². The second kappa shape index (κ2) is 9.76. The van der Waals surface area contributed by atoms with Gasteiger partial charge in [0.2, 0.25) is 5.91 Å².